The van der Waals surface area contributed by atoms with E-state index in [2.05, 4.69) is 30.3 Å². The van der Waals surface area contributed by atoms with Crippen molar-refractivity contribution in [3.63, 3.8) is 0 Å². The molecule has 0 aliphatic carbocycles. The Kier molecular flexibility index (Phi) is 4.30. The molecule has 2 N–H and O–H groups in total. The van der Waals surface area contributed by atoms with Crippen molar-refractivity contribution in [2.45, 2.75) is 10.6 Å². The van der Waals surface area contributed by atoms with E-state index in [4.69, 9.17) is 0 Å². The molecular formula is C17H15BO2S. The highest BCUT2D eigenvalue weighted by Gasteiger charge is 2.14. The Morgan fingerprint density at radius 2 is 1.52 bits per heavy atom. The summed E-state index contributed by atoms with van der Waals surface area (Å²) in [4.78, 5) is 1.18. The van der Waals surface area contributed by atoms with Crippen molar-refractivity contribution in [1.82, 2.24) is 0 Å². The summed E-state index contributed by atoms with van der Waals surface area (Å²) in [5.41, 5.74) is 1.52. The Bertz CT molecular complexity index is 758. The normalized spacial score (nSPS) is 10.8. The molecule has 0 fully saturated rings. The van der Waals surface area contributed by atoms with Gasteiger partial charge in [-0.1, -0.05) is 54.6 Å². The topological polar surface area (TPSA) is 40.5 Å². The zero-order valence-electron chi connectivity index (χ0n) is 11.4. The molecule has 4 heteroatoms. The van der Waals surface area contributed by atoms with E-state index < -0.39 is 7.12 Å². The minimum Gasteiger partial charge on any atom is -0.423 e. The molecule has 0 spiro atoms. The highest BCUT2D eigenvalue weighted by Crippen LogP contribution is 2.26. The van der Waals surface area contributed by atoms with Gasteiger partial charge in [0.25, 0.3) is 0 Å². The zero-order chi connectivity index (χ0) is 14.7. The molecule has 0 amide bonds. The van der Waals surface area contributed by atoms with Crippen LogP contribution in [0.15, 0.2) is 71.6 Å². The molecule has 0 bridgehead atoms. The van der Waals surface area contributed by atoms with Crippen molar-refractivity contribution >= 4 is 35.1 Å². The second kappa shape index (κ2) is 6.35. The van der Waals surface area contributed by atoms with Crippen molar-refractivity contribution in [2.24, 2.45) is 0 Å². The molecule has 3 aromatic carbocycles. The van der Waals surface area contributed by atoms with Gasteiger partial charge in [0.1, 0.15) is 0 Å². The second-order valence-electron chi connectivity index (χ2n) is 4.87. The van der Waals surface area contributed by atoms with Gasteiger partial charge < -0.3 is 10.0 Å². The van der Waals surface area contributed by atoms with Gasteiger partial charge in [-0.2, -0.15) is 0 Å². The van der Waals surface area contributed by atoms with Crippen LogP contribution in [-0.2, 0) is 5.75 Å². The lowest BCUT2D eigenvalue weighted by Gasteiger charge is -2.09. The fraction of sp³-hybridized carbons (Fsp3) is 0.0588. The Balaban J connectivity index is 1.80. The summed E-state index contributed by atoms with van der Waals surface area (Å²) in [6, 6.07) is 22.1. The lowest BCUT2D eigenvalue weighted by atomic mass is 9.77. The largest absolute Gasteiger partial charge is 0.488 e. The number of hydrogen-bond donors (Lipinski definition) is 2. The molecule has 3 rings (SSSR count). The van der Waals surface area contributed by atoms with E-state index in [0.717, 1.165) is 5.56 Å². The summed E-state index contributed by atoms with van der Waals surface area (Å²) in [5, 5.41) is 21.2. The average molecular weight is 294 g/mol. The van der Waals surface area contributed by atoms with Crippen LogP contribution in [0.4, 0.5) is 0 Å². The fourth-order valence-electron chi connectivity index (χ4n) is 2.34. The lowest BCUT2D eigenvalue weighted by molar-refractivity contribution is 0.425. The fourth-order valence-corrected chi connectivity index (χ4v) is 3.30. The van der Waals surface area contributed by atoms with Crippen LogP contribution in [0, 0.1) is 0 Å². The quantitative estimate of drug-likeness (QED) is 0.574. The predicted molar refractivity (Wildman–Crippen MR) is 89.8 cm³/mol. The van der Waals surface area contributed by atoms with Gasteiger partial charge in [-0.25, -0.2) is 0 Å². The third-order valence-corrected chi connectivity index (χ3v) is 4.49. The van der Waals surface area contributed by atoms with E-state index in [1.54, 1.807) is 17.8 Å². The Morgan fingerprint density at radius 3 is 2.33 bits per heavy atom. The van der Waals surface area contributed by atoms with Crippen molar-refractivity contribution < 1.29 is 10.0 Å². The number of hydrogen-bond acceptors (Lipinski definition) is 3. The third-order valence-electron chi connectivity index (χ3n) is 3.45. The van der Waals surface area contributed by atoms with Gasteiger partial charge in [0, 0.05) is 10.6 Å². The highest BCUT2D eigenvalue weighted by molar-refractivity contribution is 7.98. The van der Waals surface area contributed by atoms with Crippen molar-refractivity contribution in [3.8, 4) is 0 Å². The van der Waals surface area contributed by atoms with Gasteiger partial charge in [-0.3, -0.25) is 0 Å². The molecule has 104 valence electrons. The van der Waals surface area contributed by atoms with Gasteiger partial charge in [0.15, 0.2) is 0 Å². The average Bonchev–Trinajstić information content (AvgIpc) is 2.53. The number of benzene rings is 3. The minimum atomic E-state index is -1.42. The zero-order valence-corrected chi connectivity index (χ0v) is 12.3. The molecule has 0 aliphatic rings. The standard InChI is InChI=1S/C17H15BO2S/c19-18(20)17-8-4-3-7-15(17)12-21-16-10-9-13-5-1-2-6-14(13)11-16/h1-11,19-20H,12H2. The first-order chi connectivity index (χ1) is 10.2. The first kappa shape index (κ1) is 14.2. The summed E-state index contributed by atoms with van der Waals surface area (Å²) < 4.78 is 0. The molecule has 0 aromatic heterocycles. The molecular weight excluding hydrogens is 279 g/mol. The SMILES string of the molecule is OB(O)c1ccccc1CSc1ccc2ccccc2c1. The van der Waals surface area contributed by atoms with Crippen LogP contribution < -0.4 is 5.46 Å². The van der Waals surface area contributed by atoms with Gasteiger partial charge in [0.05, 0.1) is 0 Å². The molecule has 0 aliphatic heterocycles. The van der Waals surface area contributed by atoms with E-state index in [1.807, 2.05) is 30.3 Å². The van der Waals surface area contributed by atoms with Gasteiger partial charge in [0.2, 0.25) is 0 Å². The first-order valence-electron chi connectivity index (χ1n) is 6.79. The number of rotatable bonds is 4. The van der Waals surface area contributed by atoms with Crippen LogP contribution in [0.5, 0.6) is 0 Å². The van der Waals surface area contributed by atoms with E-state index >= 15 is 0 Å². The van der Waals surface area contributed by atoms with E-state index in [0.29, 0.717) is 11.2 Å². The number of thioether (sulfide) groups is 1. The van der Waals surface area contributed by atoms with Crippen LogP contribution in [-0.4, -0.2) is 17.2 Å². The van der Waals surface area contributed by atoms with Crippen molar-refractivity contribution in [1.29, 1.82) is 0 Å². The summed E-state index contributed by atoms with van der Waals surface area (Å²) >= 11 is 1.70. The van der Waals surface area contributed by atoms with Crippen LogP contribution >= 0.6 is 11.8 Å². The Morgan fingerprint density at radius 1 is 0.810 bits per heavy atom. The van der Waals surface area contributed by atoms with Crippen LogP contribution in [0.3, 0.4) is 0 Å². The maximum absolute atomic E-state index is 9.39. The van der Waals surface area contributed by atoms with Crippen LogP contribution in [0.1, 0.15) is 5.56 Å². The van der Waals surface area contributed by atoms with Crippen LogP contribution in [0.25, 0.3) is 10.8 Å². The Hall–Kier alpha value is -1.75. The summed E-state index contributed by atoms with van der Waals surface area (Å²) in [6.45, 7) is 0. The molecule has 0 radical (unpaired) electrons. The second-order valence-corrected chi connectivity index (χ2v) is 5.92. The molecule has 0 saturated carbocycles. The van der Waals surface area contributed by atoms with E-state index in [1.165, 1.54) is 15.7 Å². The van der Waals surface area contributed by atoms with Crippen molar-refractivity contribution in [3.05, 3.63) is 72.3 Å². The number of fused-ring (bicyclic) bond motifs is 1. The molecule has 21 heavy (non-hydrogen) atoms. The molecule has 3 aromatic rings. The van der Waals surface area contributed by atoms with Crippen LogP contribution in [0.2, 0.25) is 0 Å². The summed E-state index contributed by atoms with van der Waals surface area (Å²) in [5.74, 6) is 0.714. The monoisotopic (exact) mass is 294 g/mol. The van der Waals surface area contributed by atoms with Gasteiger partial charge in [-0.15, -0.1) is 11.8 Å². The molecule has 0 atom stereocenters. The van der Waals surface area contributed by atoms with Gasteiger partial charge >= 0.3 is 7.12 Å². The predicted octanol–water partition coefficient (Wildman–Crippen LogP) is 2.81. The maximum Gasteiger partial charge on any atom is 0.488 e. The maximum atomic E-state index is 9.39. The molecule has 0 heterocycles. The summed E-state index contributed by atoms with van der Waals surface area (Å²) in [7, 11) is -1.42. The van der Waals surface area contributed by atoms with Crippen molar-refractivity contribution in [2.75, 3.05) is 0 Å². The van der Waals surface area contributed by atoms with Gasteiger partial charge in [-0.05, 0) is 33.9 Å². The smallest absolute Gasteiger partial charge is 0.423 e. The lowest BCUT2D eigenvalue weighted by Crippen LogP contribution is -2.32. The molecule has 0 unspecified atom stereocenters. The Labute approximate surface area is 128 Å². The minimum absolute atomic E-state index is 0.575. The molecule has 0 saturated heterocycles. The first-order valence-corrected chi connectivity index (χ1v) is 7.78. The summed E-state index contributed by atoms with van der Waals surface area (Å²) in [6.07, 6.45) is 0. The third kappa shape index (κ3) is 3.30. The van der Waals surface area contributed by atoms with E-state index in [9.17, 15) is 10.0 Å². The van der Waals surface area contributed by atoms with E-state index in [-0.39, 0.29) is 0 Å². The highest BCUT2D eigenvalue weighted by atomic mass is 32.2. The molecule has 2 nitrogen and oxygen atoms in total.